The first-order valence-corrected chi connectivity index (χ1v) is 5.88. The largest absolute Gasteiger partial charge is 0.456 e. The summed E-state index contributed by atoms with van der Waals surface area (Å²) in [6.45, 7) is 0. The SMILES string of the molecule is Pc1cccc2oc3cccc(P)c3c12. The minimum Gasteiger partial charge on any atom is -0.456 e. The quantitative estimate of drug-likeness (QED) is 0.543. The van der Waals surface area contributed by atoms with E-state index in [1.165, 1.54) is 21.4 Å². The van der Waals surface area contributed by atoms with Crippen LogP contribution in [0.1, 0.15) is 0 Å². The molecule has 3 rings (SSSR count). The van der Waals surface area contributed by atoms with Crippen LogP contribution in [0.25, 0.3) is 21.9 Å². The van der Waals surface area contributed by atoms with Crippen LogP contribution in [-0.2, 0) is 0 Å². The molecule has 0 saturated carbocycles. The normalized spacial score (nSPS) is 11.3. The molecule has 0 aliphatic rings. The van der Waals surface area contributed by atoms with Crippen molar-refractivity contribution in [2.24, 2.45) is 0 Å². The average Bonchev–Trinajstić information content (AvgIpc) is 2.58. The molecule has 15 heavy (non-hydrogen) atoms. The Balaban J connectivity index is 2.67. The van der Waals surface area contributed by atoms with E-state index >= 15 is 0 Å². The van der Waals surface area contributed by atoms with Gasteiger partial charge in [-0.1, -0.05) is 24.3 Å². The van der Waals surface area contributed by atoms with Gasteiger partial charge in [0.1, 0.15) is 11.2 Å². The molecule has 1 nitrogen and oxygen atoms in total. The Morgan fingerprint density at radius 3 is 1.67 bits per heavy atom. The smallest absolute Gasteiger partial charge is 0.136 e. The van der Waals surface area contributed by atoms with Crippen molar-refractivity contribution in [2.45, 2.75) is 0 Å². The molecule has 0 amide bonds. The second-order valence-corrected chi connectivity index (χ2v) is 4.79. The van der Waals surface area contributed by atoms with Crippen molar-refractivity contribution in [3.63, 3.8) is 0 Å². The molecule has 1 aromatic heterocycles. The predicted octanol–water partition coefficient (Wildman–Crippen LogP) is 2.59. The maximum absolute atomic E-state index is 5.79. The first-order chi connectivity index (χ1) is 7.27. The van der Waals surface area contributed by atoms with Crippen molar-refractivity contribution in [3.8, 4) is 0 Å². The molecule has 1 heterocycles. The molecule has 3 heteroatoms. The zero-order chi connectivity index (χ0) is 10.4. The molecule has 0 radical (unpaired) electrons. The first kappa shape index (κ1) is 9.33. The number of hydrogen-bond acceptors (Lipinski definition) is 1. The lowest BCUT2D eigenvalue weighted by Gasteiger charge is -1.96. The molecule has 2 unspecified atom stereocenters. The van der Waals surface area contributed by atoms with Crippen molar-refractivity contribution in [1.29, 1.82) is 0 Å². The molecule has 0 saturated heterocycles. The Bertz CT molecular complexity index is 599. The summed E-state index contributed by atoms with van der Waals surface area (Å²) in [5.74, 6) is 0. The van der Waals surface area contributed by atoms with Gasteiger partial charge in [0.05, 0.1) is 0 Å². The number of fused-ring (bicyclic) bond motifs is 3. The van der Waals surface area contributed by atoms with E-state index in [0.29, 0.717) is 0 Å². The highest BCUT2D eigenvalue weighted by Crippen LogP contribution is 2.27. The van der Waals surface area contributed by atoms with E-state index in [-0.39, 0.29) is 0 Å². The van der Waals surface area contributed by atoms with Crippen LogP contribution in [0, 0.1) is 0 Å². The van der Waals surface area contributed by atoms with E-state index in [2.05, 4.69) is 30.6 Å². The van der Waals surface area contributed by atoms with Crippen LogP contribution >= 0.6 is 18.5 Å². The van der Waals surface area contributed by atoms with Crippen molar-refractivity contribution < 1.29 is 4.42 Å². The third kappa shape index (κ3) is 1.31. The van der Waals surface area contributed by atoms with Crippen LogP contribution in [0.4, 0.5) is 0 Å². The van der Waals surface area contributed by atoms with Crippen molar-refractivity contribution in [3.05, 3.63) is 36.4 Å². The van der Waals surface area contributed by atoms with E-state index in [0.717, 1.165) is 11.2 Å². The molecule has 3 aromatic rings. The molecule has 2 atom stereocenters. The minimum atomic E-state index is 0.951. The second-order valence-electron chi connectivity index (χ2n) is 3.54. The van der Waals surface area contributed by atoms with Gasteiger partial charge in [0, 0.05) is 10.8 Å². The fraction of sp³-hybridized carbons (Fsp3) is 0. The summed E-state index contributed by atoms with van der Waals surface area (Å²) in [4.78, 5) is 0. The standard InChI is InChI=1S/C12H10OP2/c14-9-5-1-3-7-11(9)12-8(13-7)4-2-6-10(12)15/h1-6H,14-15H2. The van der Waals surface area contributed by atoms with Gasteiger partial charge in [0.2, 0.25) is 0 Å². The van der Waals surface area contributed by atoms with E-state index < -0.39 is 0 Å². The number of hydrogen-bond donors (Lipinski definition) is 0. The van der Waals surface area contributed by atoms with Crippen LogP contribution in [-0.4, -0.2) is 0 Å². The van der Waals surface area contributed by atoms with Gasteiger partial charge in [-0.25, -0.2) is 0 Å². The summed E-state index contributed by atoms with van der Waals surface area (Å²) >= 11 is 0. The monoisotopic (exact) mass is 232 g/mol. The van der Waals surface area contributed by atoms with Gasteiger partial charge < -0.3 is 4.42 Å². The summed E-state index contributed by atoms with van der Waals surface area (Å²) in [6.07, 6.45) is 0. The summed E-state index contributed by atoms with van der Waals surface area (Å²) < 4.78 is 5.79. The molecular formula is C12H10OP2. The highest BCUT2D eigenvalue weighted by atomic mass is 31.0. The maximum Gasteiger partial charge on any atom is 0.136 e. The van der Waals surface area contributed by atoms with Gasteiger partial charge in [-0.05, 0) is 22.7 Å². The van der Waals surface area contributed by atoms with Crippen LogP contribution in [0.3, 0.4) is 0 Å². The Morgan fingerprint density at radius 2 is 1.20 bits per heavy atom. The average molecular weight is 232 g/mol. The third-order valence-electron chi connectivity index (χ3n) is 2.59. The zero-order valence-electron chi connectivity index (χ0n) is 8.03. The minimum absolute atomic E-state index is 0.951. The topological polar surface area (TPSA) is 13.1 Å². The van der Waals surface area contributed by atoms with Gasteiger partial charge >= 0.3 is 0 Å². The van der Waals surface area contributed by atoms with Crippen LogP contribution in [0.2, 0.25) is 0 Å². The number of benzene rings is 2. The first-order valence-electron chi connectivity index (χ1n) is 4.72. The number of furan rings is 1. The second kappa shape index (κ2) is 3.30. The highest BCUT2D eigenvalue weighted by molar-refractivity contribution is 7.29. The molecule has 74 valence electrons. The summed E-state index contributed by atoms with van der Waals surface area (Å²) in [5, 5.41) is 4.76. The van der Waals surface area contributed by atoms with E-state index in [1.807, 2.05) is 24.3 Å². The van der Waals surface area contributed by atoms with E-state index in [9.17, 15) is 0 Å². The van der Waals surface area contributed by atoms with Gasteiger partial charge in [-0.15, -0.1) is 18.5 Å². The molecule has 0 aliphatic carbocycles. The lowest BCUT2D eigenvalue weighted by molar-refractivity contribution is 0.669. The third-order valence-corrected chi connectivity index (χ3v) is 3.55. The van der Waals surface area contributed by atoms with Gasteiger partial charge in [-0.3, -0.25) is 0 Å². The van der Waals surface area contributed by atoms with Crippen LogP contribution in [0.5, 0.6) is 0 Å². The maximum atomic E-state index is 5.79. The Kier molecular flexibility index (Phi) is 2.06. The predicted molar refractivity (Wildman–Crippen MR) is 72.4 cm³/mol. The summed E-state index contributed by atoms with van der Waals surface area (Å²) in [6, 6.07) is 12.2. The Hall–Kier alpha value is -0.900. The van der Waals surface area contributed by atoms with Crippen LogP contribution < -0.4 is 10.6 Å². The van der Waals surface area contributed by atoms with E-state index in [1.54, 1.807) is 0 Å². The Morgan fingerprint density at radius 1 is 0.733 bits per heavy atom. The molecule has 0 bridgehead atoms. The zero-order valence-corrected chi connectivity index (χ0v) is 10.3. The number of rotatable bonds is 0. The van der Waals surface area contributed by atoms with E-state index in [4.69, 9.17) is 4.42 Å². The molecule has 2 aromatic carbocycles. The summed E-state index contributed by atoms with van der Waals surface area (Å²) in [5.41, 5.74) is 1.90. The van der Waals surface area contributed by atoms with Crippen molar-refractivity contribution in [2.75, 3.05) is 0 Å². The van der Waals surface area contributed by atoms with Crippen molar-refractivity contribution in [1.82, 2.24) is 0 Å². The molecular weight excluding hydrogens is 222 g/mol. The fourth-order valence-corrected chi connectivity index (χ4v) is 2.72. The Labute approximate surface area is 92.2 Å². The van der Waals surface area contributed by atoms with Gasteiger partial charge in [-0.2, -0.15) is 0 Å². The van der Waals surface area contributed by atoms with Gasteiger partial charge in [0.25, 0.3) is 0 Å². The van der Waals surface area contributed by atoms with Gasteiger partial charge in [0.15, 0.2) is 0 Å². The lowest BCUT2D eigenvalue weighted by Crippen LogP contribution is -1.95. The molecule has 0 fully saturated rings. The van der Waals surface area contributed by atoms with Crippen molar-refractivity contribution >= 4 is 51.0 Å². The molecule has 0 N–H and O–H groups in total. The molecule has 0 spiro atoms. The highest BCUT2D eigenvalue weighted by Gasteiger charge is 2.09. The molecule has 0 aliphatic heterocycles. The fourth-order valence-electron chi connectivity index (χ4n) is 1.92. The van der Waals surface area contributed by atoms with Crippen LogP contribution in [0.15, 0.2) is 40.8 Å². The lowest BCUT2D eigenvalue weighted by atomic mass is 10.1. The summed E-state index contributed by atoms with van der Waals surface area (Å²) in [7, 11) is 5.52.